The maximum atomic E-state index is 12.0. The predicted octanol–water partition coefficient (Wildman–Crippen LogP) is 5.77. The Morgan fingerprint density at radius 1 is 1.10 bits per heavy atom. The van der Waals surface area contributed by atoms with Gasteiger partial charge in [0.15, 0.2) is 0 Å². The van der Waals surface area contributed by atoms with Gasteiger partial charge in [0, 0.05) is 24.0 Å². The minimum atomic E-state index is -0.540. The quantitative estimate of drug-likeness (QED) is 0.414. The van der Waals surface area contributed by atoms with Gasteiger partial charge in [0.05, 0.1) is 5.39 Å². The van der Waals surface area contributed by atoms with Crippen molar-refractivity contribution >= 4 is 28.7 Å². The zero-order valence-corrected chi connectivity index (χ0v) is 18.3. The Morgan fingerprint density at radius 3 is 2.61 bits per heavy atom. The van der Waals surface area contributed by atoms with E-state index in [9.17, 15) is 4.79 Å². The van der Waals surface area contributed by atoms with E-state index in [4.69, 9.17) is 16.3 Å². The van der Waals surface area contributed by atoms with E-state index in [-0.39, 0.29) is 0 Å². The van der Waals surface area contributed by atoms with Crippen molar-refractivity contribution in [2.75, 3.05) is 0 Å². The highest BCUT2D eigenvalue weighted by Crippen LogP contribution is 2.35. The lowest BCUT2D eigenvalue weighted by atomic mass is 10.0. The maximum absolute atomic E-state index is 12.0. The van der Waals surface area contributed by atoms with Crippen molar-refractivity contribution in [2.45, 2.75) is 32.9 Å². The highest BCUT2D eigenvalue weighted by Gasteiger charge is 2.18. The fraction of sp³-hybridized carbons (Fsp3) is 0.208. The number of halogens is 1. The van der Waals surface area contributed by atoms with Crippen molar-refractivity contribution < 1.29 is 9.53 Å². The molecular formula is C24H23ClN4O2. The Balaban J connectivity index is 1.70. The molecule has 2 heterocycles. The van der Waals surface area contributed by atoms with Gasteiger partial charge < -0.3 is 14.6 Å². The van der Waals surface area contributed by atoms with Crippen molar-refractivity contribution in [2.24, 2.45) is 0 Å². The molecule has 1 amide bonds. The second-order valence-corrected chi connectivity index (χ2v) is 8.53. The number of alkyl carbamates (subject to hydrolysis) is 1. The van der Waals surface area contributed by atoms with Crippen LogP contribution >= 0.6 is 11.6 Å². The first kappa shape index (κ1) is 20.9. The average molecular weight is 435 g/mol. The molecule has 6 nitrogen and oxygen atoms in total. The summed E-state index contributed by atoms with van der Waals surface area (Å²) in [7, 11) is 0. The molecule has 0 aliphatic heterocycles. The van der Waals surface area contributed by atoms with E-state index in [1.54, 1.807) is 0 Å². The molecule has 31 heavy (non-hydrogen) atoms. The molecule has 2 aromatic carbocycles. The number of carbonyl (C=O) groups is 1. The van der Waals surface area contributed by atoms with Gasteiger partial charge in [0.2, 0.25) is 0 Å². The Hall–Kier alpha value is -3.38. The number of carbonyl (C=O) groups excluding carboxylic acids is 1. The van der Waals surface area contributed by atoms with Gasteiger partial charge in [-0.15, -0.1) is 0 Å². The Kier molecular flexibility index (Phi) is 5.65. The number of rotatable bonds is 4. The molecule has 4 aromatic rings. The molecule has 0 aliphatic rings. The summed E-state index contributed by atoms with van der Waals surface area (Å²) < 4.78 is 7.32. The van der Waals surface area contributed by atoms with Crippen LogP contribution in [0.25, 0.3) is 27.8 Å². The molecule has 158 valence electrons. The third kappa shape index (κ3) is 4.70. The minimum absolute atomic E-state index is 0.351. The molecule has 0 saturated heterocycles. The minimum Gasteiger partial charge on any atom is -0.444 e. The Labute approximate surface area is 185 Å². The molecular weight excluding hydrogens is 412 g/mol. The van der Waals surface area contributed by atoms with Crippen molar-refractivity contribution in [3.8, 4) is 16.8 Å². The number of ether oxygens (including phenoxy) is 1. The van der Waals surface area contributed by atoms with Gasteiger partial charge in [-0.25, -0.2) is 14.8 Å². The third-order valence-electron chi connectivity index (χ3n) is 4.64. The average Bonchev–Trinajstić information content (AvgIpc) is 3.13. The highest BCUT2D eigenvalue weighted by atomic mass is 35.5. The van der Waals surface area contributed by atoms with Crippen LogP contribution < -0.4 is 5.32 Å². The first-order valence-electron chi connectivity index (χ1n) is 9.95. The highest BCUT2D eigenvalue weighted by molar-refractivity contribution is 6.35. The number of nitrogens with one attached hydrogen (secondary N) is 1. The van der Waals surface area contributed by atoms with E-state index in [0.717, 1.165) is 33.4 Å². The van der Waals surface area contributed by atoms with Crippen LogP contribution in [0.2, 0.25) is 5.15 Å². The van der Waals surface area contributed by atoms with Gasteiger partial charge in [0.25, 0.3) is 0 Å². The summed E-state index contributed by atoms with van der Waals surface area (Å²) in [6.45, 7) is 5.86. The van der Waals surface area contributed by atoms with Crippen LogP contribution in [0.3, 0.4) is 0 Å². The summed E-state index contributed by atoms with van der Waals surface area (Å²) in [5.41, 5.74) is 4.00. The fourth-order valence-electron chi connectivity index (χ4n) is 3.37. The molecule has 0 fully saturated rings. The van der Waals surface area contributed by atoms with Crippen LogP contribution in [0.4, 0.5) is 4.79 Å². The number of para-hydroxylation sites is 1. The first-order chi connectivity index (χ1) is 14.8. The van der Waals surface area contributed by atoms with Crippen LogP contribution in [-0.2, 0) is 11.3 Å². The van der Waals surface area contributed by atoms with Gasteiger partial charge in [-0.2, -0.15) is 0 Å². The number of nitrogens with zero attached hydrogens (tertiary/aromatic N) is 3. The smallest absolute Gasteiger partial charge is 0.407 e. The van der Waals surface area contributed by atoms with Crippen molar-refractivity contribution in [1.82, 2.24) is 19.9 Å². The normalized spacial score (nSPS) is 11.5. The van der Waals surface area contributed by atoms with E-state index in [1.165, 1.54) is 6.33 Å². The number of fused-ring (bicyclic) bond motifs is 1. The molecule has 0 unspecified atom stereocenters. The molecule has 2 aromatic heterocycles. The summed E-state index contributed by atoms with van der Waals surface area (Å²) in [6.07, 6.45) is 3.03. The molecule has 0 radical (unpaired) electrons. The summed E-state index contributed by atoms with van der Waals surface area (Å²) in [5.74, 6) is 0. The van der Waals surface area contributed by atoms with Crippen LogP contribution in [0.5, 0.6) is 0 Å². The van der Waals surface area contributed by atoms with Gasteiger partial charge >= 0.3 is 6.09 Å². The predicted molar refractivity (Wildman–Crippen MR) is 122 cm³/mol. The van der Waals surface area contributed by atoms with Gasteiger partial charge in [-0.1, -0.05) is 48.0 Å². The third-order valence-corrected chi connectivity index (χ3v) is 4.93. The van der Waals surface area contributed by atoms with E-state index in [2.05, 4.69) is 15.3 Å². The van der Waals surface area contributed by atoms with Crippen molar-refractivity contribution in [3.05, 3.63) is 77.8 Å². The lowest BCUT2D eigenvalue weighted by Gasteiger charge is -2.19. The number of amides is 1. The zero-order chi connectivity index (χ0) is 22.0. The van der Waals surface area contributed by atoms with E-state index in [1.807, 2.05) is 86.1 Å². The lowest BCUT2D eigenvalue weighted by molar-refractivity contribution is 0.0523. The number of hydrogen-bond acceptors (Lipinski definition) is 4. The number of benzene rings is 2. The topological polar surface area (TPSA) is 69.0 Å². The molecule has 1 N–H and O–H groups in total. The van der Waals surface area contributed by atoms with Crippen LogP contribution in [0.1, 0.15) is 26.3 Å². The summed E-state index contributed by atoms with van der Waals surface area (Å²) >= 11 is 6.48. The van der Waals surface area contributed by atoms with Crippen LogP contribution in [0.15, 0.2) is 67.1 Å². The van der Waals surface area contributed by atoms with Gasteiger partial charge in [-0.05, 0) is 50.1 Å². The van der Waals surface area contributed by atoms with Crippen molar-refractivity contribution in [3.63, 3.8) is 0 Å². The van der Waals surface area contributed by atoms with Crippen LogP contribution in [0, 0.1) is 0 Å². The first-order valence-corrected chi connectivity index (χ1v) is 10.3. The molecule has 4 rings (SSSR count). The summed E-state index contributed by atoms with van der Waals surface area (Å²) in [4.78, 5) is 20.7. The van der Waals surface area contributed by atoms with E-state index < -0.39 is 11.7 Å². The zero-order valence-electron chi connectivity index (χ0n) is 17.6. The Morgan fingerprint density at radius 2 is 1.87 bits per heavy atom. The van der Waals surface area contributed by atoms with Crippen molar-refractivity contribution in [1.29, 1.82) is 0 Å². The van der Waals surface area contributed by atoms with Gasteiger partial charge in [-0.3, -0.25) is 0 Å². The monoisotopic (exact) mass is 434 g/mol. The lowest BCUT2D eigenvalue weighted by Crippen LogP contribution is -2.32. The molecule has 7 heteroatoms. The summed E-state index contributed by atoms with van der Waals surface area (Å²) in [5, 5.41) is 3.97. The van der Waals surface area contributed by atoms with Gasteiger partial charge in [0.1, 0.15) is 22.7 Å². The molecule has 0 saturated carbocycles. The number of aromatic nitrogens is 3. The second kappa shape index (κ2) is 8.40. The molecule has 0 atom stereocenters. The van der Waals surface area contributed by atoms with E-state index >= 15 is 0 Å². The largest absolute Gasteiger partial charge is 0.444 e. The molecule has 0 bridgehead atoms. The number of hydrogen-bond donors (Lipinski definition) is 1. The fourth-order valence-corrected chi connectivity index (χ4v) is 3.60. The molecule has 0 aliphatic carbocycles. The second-order valence-electron chi connectivity index (χ2n) is 8.17. The molecule has 0 spiro atoms. The SMILES string of the molecule is CC(C)(C)OC(=O)NCc1cccc(-c2cn(-c3ccccc3)c3ncnc(Cl)c23)c1. The standard InChI is InChI=1S/C24H23ClN4O2/c1-24(2,3)31-23(30)26-13-16-8-7-9-17(12-16)19-14-29(18-10-5-4-6-11-18)22-20(19)21(25)27-15-28-22/h4-12,14-15H,13H2,1-3H3,(H,26,30). The summed E-state index contributed by atoms with van der Waals surface area (Å²) in [6, 6.07) is 17.9. The Bertz CT molecular complexity index is 1230. The van der Waals surface area contributed by atoms with E-state index in [0.29, 0.717) is 11.7 Å². The maximum Gasteiger partial charge on any atom is 0.407 e. The van der Waals surface area contributed by atoms with Crippen LogP contribution in [-0.4, -0.2) is 26.2 Å².